The summed E-state index contributed by atoms with van der Waals surface area (Å²) in [5.41, 5.74) is 1.34. The van der Waals surface area contributed by atoms with Crippen LogP contribution in [-0.4, -0.2) is 10.9 Å². The van der Waals surface area contributed by atoms with Gasteiger partial charge < -0.3 is 5.32 Å². The molecule has 1 aromatic heterocycles. The lowest BCUT2D eigenvalue weighted by Gasteiger charge is -2.04. The standard InChI is InChI=1S/C12H9IN2O/c13-11-7-6-9(8-14-11)12(16)15-10-4-2-1-3-5-10/h1-8H,(H,15,16). The zero-order valence-electron chi connectivity index (χ0n) is 8.35. The number of nitrogens with one attached hydrogen (secondary N) is 1. The van der Waals surface area contributed by atoms with Gasteiger partial charge in [0, 0.05) is 11.9 Å². The first kappa shape index (κ1) is 11.1. The zero-order valence-corrected chi connectivity index (χ0v) is 10.5. The van der Waals surface area contributed by atoms with Crippen molar-refractivity contribution in [2.24, 2.45) is 0 Å². The fourth-order valence-electron chi connectivity index (χ4n) is 1.23. The van der Waals surface area contributed by atoms with Gasteiger partial charge in [-0.1, -0.05) is 18.2 Å². The van der Waals surface area contributed by atoms with Gasteiger partial charge in [-0.25, -0.2) is 4.98 Å². The monoisotopic (exact) mass is 324 g/mol. The maximum Gasteiger partial charge on any atom is 0.257 e. The number of aromatic nitrogens is 1. The van der Waals surface area contributed by atoms with Crippen LogP contribution in [0.4, 0.5) is 5.69 Å². The van der Waals surface area contributed by atoms with Crippen molar-refractivity contribution in [2.45, 2.75) is 0 Å². The predicted octanol–water partition coefficient (Wildman–Crippen LogP) is 2.94. The van der Waals surface area contributed by atoms with Gasteiger partial charge in [0.25, 0.3) is 5.91 Å². The number of amides is 1. The summed E-state index contributed by atoms with van der Waals surface area (Å²) in [6.07, 6.45) is 1.57. The molecule has 1 aromatic carbocycles. The minimum Gasteiger partial charge on any atom is -0.322 e. The molecule has 4 heteroatoms. The van der Waals surface area contributed by atoms with Gasteiger partial charge in [0.2, 0.25) is 0 Å². The van der Waals surface area contributed by atoms with Crippen molar-refractivity contribution in [3.63, 3.8) is 0 Å². The molecule has 0 unspecified atom stereocenters. The van der Waals surface area contributed by atoms with Gasteiger partial charge in [-0.2, -0.15) is 0 Å². The highest BCUT2D eigenvalue weighted by molar-refractivity contribution is 14.1. The van der Waals surface area contributed by atoms with Crippen molar-refractivity contribution in [2.75, 3.05) is 5.32 Å². The second-order valence-corrected chi connectivity index (χ2v) is 4.29. The first-order valence-corrected chi connectivity index (χ1v) is 5.81. The van der Waals surface area contributed by atoms with Crippen LogP contribution in [0.5, 0.6) is 0 Å². The lowest BCUT2D eigenvalue weighted by Crippen LogP contribution is -2.12. The number of benzene rings is 1. The Bertz CT molecular complexity index is 482. The van der Waals surface area contributed by atoms with Crippen molar-refractivity contribution in [3.8, 4) is 0 Å². The number of rotatable bonds is 2. The topological polar surface area (TPSA) is 42.0 Å². The number of carbonyl (C=O) groups excluding carboxylic acids is 1. The Hall–Kier alpha value is -1.43. The molecular formula is C12H9IN2O. The molecule has 1 N–H and O–H groups in total. The van der Waals surface area contributed by atoms with E-state index in [4.69, 9.17) is 0 Å². The van der Waals surface area contributed by atoms with Crippen molar-refractivity contribution in [3.05, 3.63) is 57.9 Å². The van der Waals surface area contributed by atoms with E-state index in [-0.39, 0.29) is 5.91 Å². The average Bonchev–Trinajstić information content (AvgIpc) is 2.31. The van der Waals surface area contributed by atoms with Crippen LogP contribution < -0.4 is 5.32 Å². The molecule has 0 aliphatic carbocycles. The molecule has 0 radical (unpaired) electrons. The van der Waals surface area contributed by atoms with Crippen LogP contribution in [0.3, 0.4) is 0 Å². The summed E-state index contributed by atoms with van der Waals surface area (Å²) in [5.74, 6) is -0.143. The number of carbonyl (C=O) groups is 1. The fraction of sp³-hybridized carbons (Fsp3) is 0. The number of halogens is 1. The van der Waals surface area contributed by atoms with Crippen LogP contribution in [0.1, 0.15) is 10.4 Å². The summed E-state index contributed by atoms with van der Waals surface area (Å²) in [6.45, 7) is 0. The predicted molar refractivity (Wildman–Crippen MR) is 71.3 cm³/mol. The van der Waals surface area contributed by atoms with Gasteiger partial charge >= 0.3 is 0 Å². The summed E-state index contributed by atoms with van der Waals surface area (Å²) in [7, 11) is 0. The van der Waals surface area contributed by atoms with Gasteiger partial charge in [-0.05, 0) is 46.9 Å². The second kappa shape index (κ2) is 5.07. The molecular weight excluding hydrogens is 315 g/mol. The molecule has 2 rings (SSSR count). The Morgan fingerprint density at radius 1 is 1.12 bits per heavy atom. The van der Waals surface area contributed by atoms with E-state index < -0.39 is 0 Å². The minimum absolute atomic E-state index is 0.143. The summed E-state index contributed by atoms with van der Waals surface area (Å²) >= 11 is 2.10. The van der Waals surface area contributed by atoms with Gasteiger partial charge in [0.15, 0.2) is 0 Å². The van der Waals surface area contributed by atoms with Crippen LogP contribution in [0.2, 0.25) is 0 Å². The largest absolute Gasteiger partial charge is 0.322 e. The normalized spacial score (nSPS) is 9.81. The van der Waals surface area contributed by atoms with Crippen LogP contribution in [0.25, 0.3) is 0 Å². The van der Waals surface area contributed by atoms with Crippen molar-refractivity contribution in [1.82, 2.24) is 4.98 Å². The number of nitrogens with zero attached hydrogens (tertiary/aromatic N) is 1. The lowest BCUT2D eigenvalue weighted by molar-refractivity contribution is 0.102. The Kier molecular flexibility index (Phi) is 3.51. The third kappa shape index (κ3) is 2.79. The van der Waals surface area contributed by atoms with Gasteiger partial charge in [-0.3, -0.25) is 4.79 Å². The zero-order chi connectivity index (χ0) is 11.4. The molecule has 3 nitrogen and oxygen atoms in total. The highest BCUT2D eigenvalue weighted by atomic mass is 127. The Morgan fingerprint density at radius 2 is 1.88 bits per heavy atom. The summed E-state index contributed by atoms with van der Waals surface area (Å²) < 4.78 is 0.869. The first-order valence-electron chi connectivity index (χ1n) is 4.73. The van der Waals surface area contributed by atoms with E-state index in [1.54, 1.807) is 18.3 Å². The van der Waals surface area contributed by atoms with Crippen LogP contribution >= 0.6 is 22.6 Å². The Balaban J connectivity index is 2.12. The average molecular weight is 324 g/mol. The number of para-hydroxylation sites is 1. The second-order valence-electron chi connectivity index (χ2n) is 3.19. The van der Waals surface area contributed by atoms with Crippen LogP contribution in [0, 0.1) is 3.70 Å². The fourth-order valence-corrected chi connectivity index (χ4v) is 1.55. The van der Waals surface area contributed by atoms with Crippen molar-refractivity contribution < 1.29 is 4.79 Å². The SMILES string of the molecule is O=C(Nc1ccccc1)c1ccc(I)nc1. The summed E-state index contributed by atoms with van der Waals surface area (Å²) in [6, 6.07) is 12.9. The van der Waals surface area contributed by atoms with E-state index in [0.717, 1.165) is 9.39 Å². The third-order valence-electron chi connectivity index (χ3n) is 2.02. The highest BCUT2D eigenvalue weighted by Crippen LogP contribution is 2.08. The molecule has 0 atom stereocenters. The van der Waals surface area contributed by atoms with Crippen LogP contribution in [-0.2, 0) is 0 Å². The minimum atomic E-state index is -0.143. The van der Waals surface area contributed by atoms with Crippen LogP contribution in [0.15, 0.2) is 48.7 Å². The molecule has 0 fully saturated rings. The molecule has 80 valence electrons. The maximum absolute atomic E-state index is 11.8. The lowest BCUT2D eigenvalue weighted by atomic mass is 10.2. The molecule has 0 bridgehead atoms. The van der Waals surface area contributed by atoms with Crippen molar-refractivity contribution >= 4 is 34.2 Å². The smallest absolute Gasteiger partial charge is 0.257 e. The molecule has 16 heavy (non-hydrogen) atoms. The summed E-state index contributed by atoms with van der Waals surface area (Å²) in [5, 5.41) is 2.80. The van der Waals surface area contributed by atoms with Gasteiger partial charge in [0.1, 0.15) is 3.70 Å². The van der Waals surface area contributed by atoms with E-state index in [1.165, 1.54) is 0 Å². The molecule has 0 spiro atoms. The molecule has 0 saturated heterocycles. The Labute approximate surface area is 107 Å². The first-order chi connectivity index (χ1) is 7.75. The Morgan fingerprint density at radius 3 is 2.50 bits per heavy atom. The molecule has 0 aliphatic heterocycles. The number of pyridine rings is 1. The van der Waals surface area contributed by atoms with Crippen molar-refractivity contribution in [1.29, 1.82) is 0 Å². The molecule has 1 heterocycles. The van der Waals surface area contributed by atoms with E-state index in [2.05, 4.69) is 32.9 Å². The molecule has 0 aliphatic rings. The molecule has 2 aromatic rings. The highest BCUT2D eigenvalue weighted by Gasteiger charge is 2.05. The van der Waals surface area contributed by atoms with Gasteiger partial charge in [0.05, 0.1) is 5.56 Å². The van der Waals surface area contributed by atoms with E-state index in [1.807, 2.05) is 30.3 Å². The van der Waals surface area contributed by atoms with Gasteiger partial charge in [-0.15, -0.1) is 0 Å². The van der Waals surface area contributed by atoms with E-state index in [0.29, 0.717) is 5.56 Å². The third-order valence-corrected chi connectivity index (χ3v) is 2.66. The van der Waals surface area contributed by atoms with E-state index >= 15 is 0 Å². The summed E-state index contributed by atoms with van der Waals surface area (Å²) in [4.78, 5) is 15.8. The number of hydrogen-bond donors (Lipinski definition) is 1. The maximum atomic E-state index is 11.8. The quantitative estimate of drug-likeness (QED) is 0.682. The molecule has 0 saturated carbocycles. The number of hydrogen-bond acceptors (Lipinski definition) is 2. The van der Waals surface area contributed by atoms with E-state index in [9.17, 15) is 4.79 Å². The molecule has 1 amide bonds. The number of anilines is 1.